The van der Waals surface area contributed by atoms with Crippen molar-refractivity contribution in [2.45, 2.75) is 44.2 Å². The van der Waals surface area contributed by atoms with Gasteiger partial charge in [-0.2, -0.15) is 0 Å². The minimum atomic E-state index is 0.0596. The molecule has 0 radical (unpaired) electrons. The molecule has 0 aromatic heterocycles. The standard InChI is InChI=1S/C11H18N2O/c14-11(10-7-3-4-8-12-10)13-9-5-1-2-6-9/h1-2,9-10,12H,3-8H2,(H,13,14)/t10-/m1/s1. The van der Waals surface area contributed by atoms with E-state index in [1.54, 1.807) is 0 Å². The van der Waals surface area contributed by atoms with Crippen LogP contribution in [0.2, 0.25) is 0 Å². The topological polar surface area (TPSA) is 41.1 Å². The van der Waals surface area contributed by atoms with Gasteiger partial charge in [0, 0.05) is 6.04 Å². The third-order valence-electron chi connectivity index (χ3n) is 2.98. The number of amides is 1. The first-order valence-electron chi connectivity index (χ1n) is 5.55. The number of hydrogen-bond acceptors (Lipinski definition) is 2. The number of nitrogens with one attached hydrogen (secondary N) is 2. The van der Waals surface area contributed by atoms with E-state index in [0.29, 0.717) is 6.04 Å². The van der Waals surface area contributed by atoms with Crippen molar-refractivity contribution in [3.8, 4) is 0 Å². The maximum Gasteiger partial charge on any atom is 0.237 e. The van der Waals surface area contributed by atoms with Crippen molar-refractivity contribution in [2.24, 2.45) is 0 Å². The maximum absolute atomic E-state index is 11.8. The van der Waals surface area contributed by atoms with Gasteiger partial charge in [-0.1, -0.05) is 18.6 Å². The first kappa shape index (κ1) is 9.71. The maximum atomic E-state index is 11.8. The van der Waals surface area contributed by atoms with Crippen molar-refractivity contribution in [3.63, 3.8) is 0 Å². The molecule has 78 valence electrons. The Kier molecular flexibility index (Phi) is 3.19. The van der Waals surface area contributed by atoms with Crippen LogP contribution in [0, 0.1) is 0 Å². The summed E-state index contributed by atoms with van der Waals surface area (Å²) in [5, 5.41) is 6.34. The van der Waals surface area contributed by atoms with Crippen LogP contribution < -0.4 is 10.6 Å². The van der Waals surface area contributed by atoms with Crippen LogP contribution in [-0.2, 0) is 4.79 Å². The molecule has 2 aliphatic rings. The van der Waals surface area contributed by atoms with E-state index in [1.807, 2.05) is 0 Å². The predicted molar refractivity (Wildman–Crippen MR) is 55.9 cm³/mol. The molecule has 1 aliphatic carbocycles. The lowest BCUT2D eigenvalue weighted by atomic mass is 10.0. The highest BCUT2D eigenvalue weighted by atomic mass is 16.2. The molecule has 0 unspecified atom stereocenters. The highest BCUT2D eigenvalue weighted by Gasteiger charge is 2.22. The van der Waals surface area contributed by atoms with Gasteiger partial charge in [0.05, 0.1) is 6.04 Å². The summed E-state index contributed by atoms with van der Waals surface area (Å²) in [5.41, 5.74) is 0. The Hall–Kier alpha value is -0.830. The predicted octanol–water partition coefficient (Wildman–Crippen LogP) is 0.963. The molecule has 1 atom stereocenters. The van der Waals surface area contributed by atoms with Gasteiger partial charge in [-0.05, 0) is 32.2 Å². The lowest BCUT2D eigenvalue weighted by Crippen LogP contribution is -2.49. The number of piperidine rings is 1. The SMILES string of the molecule is O=C(NC1CC=CC1)[C@H]1CCCCN1. The minimum absolute atomic E-state index is 0.0596. The van der Waals surface area contributed by atoms with Gasteiger partial charge in [-0.3, -0.25) is 4.79 Å². The molecule has 3 nitrogen and oxygen atoms in total. The Labute approximate surface area is 84.9 Å². The van der Waals surface area contributed by atoms with Crippen LogP contribution in [0.25, 0.3) is 0 Å². The first-order valence-corrected chi connectivity index (χ1v) is 5.55. The molecule has 1 saturated heterocycles. The van der Waals surface area contributed by atoms with Crippen LogP contribution in [-0.4, -0.2) is 24.5 Å². The largest absolute Gasteiger partial charge is 0.351 e. The van der Waals surface area contributed by atoms with Crippen LogP contribution >= 0.6 is 0 Å². The zero-order valence-electron chi connectivity index (χ0n) is 8.46. The Morgan fingerprint density at radius 3 is 2.71 bits per heavy atom. The van der Waals surface area contributed by atoms with Crippen molar-refractivity contribution < 1.29 is 4.79 Å². The van der Waals surface area contributed by atoms with Gasteiger partial charge in [-0.15, -0.1) is 0 Å². The molecule has 0 spiro atoms. The van der Waals surface area contributed by atoms with Crippen LogP contribution in [0.1, 0.15) is 32.1 Å². The summed E-state index contributed by atoms with van der Waals surface area (Å²) in [5.74, 6) is 0.193. The number of hydrogen-bond donors (Lipinski definition) is 2. The average Bonchev–Trinajstić information content (AvgIpc) is 2.72. The number of rotatable bonds is 2. The molecule has 1 fully saturated rings. The highest BCUT2D eigenvalue weighted by Crippen LogP contribution is 2.11. The summed E-state index contributed by atoms with van der Waals surface area (Å²) < 4.78 is 0. The second kappa shape index (κ2) is 4.60. The van der Waals surface area contributed by atoms with E-state index < -0.39 is 0 Å². The normalized spacial score (nSPS) is 27.9. The van der Waals surface area contributed by atoms with Gasteiger partial charge in [0.25, 0.3) is 0 Å². The van der Waals surface area contributed by atoms with E-state index in [-0.39, 0.29) is 11.9 Å². The summed E-state index contributed by atoms with van der Waals surface area (Å²) in [6.45, 7) is 0.987. The van der Waals surface area contributed by atoms with Gasteiger partial charge in [-0.25, -0.2) is 0 Å². The highest BCUT2D eigenvalue weighted by molar-refractivity contribution is 5.82. The molecule has 14 heavy (non-hydrogen) atoms. The summed E-state index contributed by atoms with van der Waals surface area (Å²) in [7, 11) is 0. The van der Waals surface area contributed by atoms with Crippen LogP contribution in [0.15, 0.2) is 12.2 Å². The van der Waals surface area contributed by atoms with Crippen LogP contribution in [0.5, 0.6) is 0 Å². The molecule has 1 aliphatic heterocycles. The lowest BCUT2D eigenvalue weighted by Gasteiger charge is -2.24. The molecular weight excluding hydrogens is 176 g/mol. The van der Waals surface area contributed by atoms with Crippen molar-refractivity contribution in [3.05, 3.63) is 12.2 Å². The second-order valence-corrected chi connectivity index (χ2v) is 4.15. The minimum Gasteiger partial charge on any atom is -0.351 e. The Morgan fingerprint density at radius 1 is 1.29 bits per heavy atom. The number of carbonyl (C=O) groups is 1. The summed E-state index contributed by atoms with van der Waals surface area (Å²) in [6.07, 6.45) is 9.64. The number of carbonyl (C=O) groups excluding carboxylic acids is 1. The lowest BCUT2D eigenvalue weighted by molar-refractivity contribution is -0.124. The average molecular weight is 194 g/mol. The molecule has 1 heterocycles. The third-order valence-corrected chi connectivity index (χ3v) is 2.98. The van der Waals surface area contributed by atoms with Crippen molar-refractivity contribution in [1.29, 1.82) is 0 Å². The third kappa shape index (κ3) is 2.35. The first-order chi connectivity index (χ1) is 6.86. The van der Waals surface area contributed by atoms with Crippen molar-refractivity contribution in [2.75, 3.05) is 6.54 Å². The van der Waals surface area contributed by atoms with Crippen molar-refractivity contribution >= 4 is 5.91 Å². The molecular formula is C11H18N2O. The van der Waals surface area contributed by atoms with Gasteiger partial charge in [0.15, 0.2) is 0 Å². The van der Waals surface area contributed by atoms with Crippen LogP contribution in [0.3, 0.4) is 0 Å². The molecule has 3 heteroatoms. The smallest absolute Gasteiger partial charge is 0.237 e. The molecule has 1 amide bonds. The van der Waals surface area contributed by atoms with E-state index in [2.05, 4.69) is 22.8 Å². The second-order valence-electron chi connectivity index (χ2n) is 4.15. The molecule has 0 aromatic rings. The summed E-state index contributed by atoms with van der Waals surface area (Å²) in [6, 6.07) is 0.413. The molecule has 0 aromatic carbocycles. The van der Waals surface area contributed by atoms with Gasteiger partial charge in [0.2, 0.25) is 5.91 Å². The molecule has 0 saturated carbocycles. The summed E-state index contributed by atoms with van der Waals surface area (Å²) >= 11 is 0. The van der Waals surface area contributed by atoms with E-state index >= 15 is 0 Å². The van der Waals surface area contributed by atoms with Gasteiger partial charge < -0.3 is 10.6 Å². The monoisotopic (exact) mass is 194 g/mol. The fraction of sp³-hybridized carbons (Fsp3) is 0.727. The fourth-order valence-electron chi connectivity index (χ4n) is 2.11. The molecule has 2 rings (SSSR count). The zero-order chi connectivity index (χ0) is 9.80. The zero-order valence-corrected chi connectivity index (χ0v) is 8.46. The van der Waals surface area contributed by atoms with E-state index in [0.717, 1.165) is 25.8 Å². The van der Waals surface area contributed by atoms with Gasteiger partial charge >= 0.3 is 0 Å². The molecule has 0 bridgehead atoms. The van der Waals surface area contributed by atoms with E-state index in [1.165, 1.54) is 12.8 Å². The Bertz CT molecular complexity index is 223. The quantitative estimate of drug-likeness (QED) is 0.643. The van der Waals surface area contributed by atoms with Crippen LogP contribution in [0.4, 0.5) is 0 Å². The molecule has 2 N–H and O–H groups in total. The van der Waals surface area contributed by atoms with E-state index in [9.17, 15) is 4.79 Å². The Morgan fingerprint density at radius 2 is 2.07 bits per heavy atom. The fourth-order valence-corrected chi connectivity index (χ4v) is 2.11. The Balaban J connectivity index is 1.76. The summed E-state index contributed by atoms with van der Waals surface area (Å²) in [4.78, 5) is 11.8. The van der Waals surface area contributed by atoms with Crippen molar-refractivity contribution in [1.82, 2.24) is 10.6 Å². The van der Waals surface area contributed by atoms with E-state index in [4.69, 9.17) is 0 Å². The van der Waals surface area contributed by atoms with Gasteiger partial charge in [0.1, 0.15) is 0 Å².